The zero-order valence-electron chi connectivity index (χ0n) is 12.8. The molecule has 4 unspecified atom stereocenters. The van der Waals surface area contributed by atoms with Crippen LogP contribution in [0.25, 0.3) is 0 Å². The second kappa shape index (κ2) is 6.72. The maximum absolute atomic E-state index is 12.4. The number of rotatable bonds is 3. The molecular formula is C14H24N2O5. The molecule has 7 heteroatoms. The Balaban J connectivity index is 1.96. The molecule has 0 radical (unpaired) electrons. The van der Waals surface area contributed by atoms with E-state index in [2.05, 4.69) is 0 Å². The first-order chi connectivity index (χ1) is 9.90. The lowest BCUT2D eigenvalue weighted by molar-refractivity contribution is -0.149. The van der Waals surface area contributed by atoms with Crippen molar-refractivity contribution in [1.82, 2.24) is 9.80 Å². The van der Waals surface area contributed by atoms with Gasteiger partial charge in [-0.2, -0.15) is 0 Å². The van der Waals surface area contributed by atoms with Gasteiger partial charge in [0.15, 0.2) is 0 Å². The Hall–Kier alpha value is -1.18. The van der Waals surface area contributed by atoms with Crippen LogP contribution in [0, 0.1) is 0 Å². The van der Waals surface area contributed by atoms with Gasteiger partial charge in [0.1, 0.15) is 6.04 Å². The molecule has 21 heavy (non-hydrogen) atoms. The molecule has 0 spiro atoms. The van der Waals surface area contributed by atoms with E-state index in [9.17, 15) is 14.7 Å². The van der Waals surface area contributed by atoms with E-state index in [1.807, 2.05) is 13.8 Å². The van der Waals surface area contributed by atoms with Crippen LogP contribution in [0.1, 0.15) is 20.3 Å². The number of esters is 1. The van der Waals surface area contributed by atoms with Crippen LogP contribution in [0.5, 0.6) is 0 Å². The zero-order chi connectivity index (χ0) is 15.6. The van der Waals surface area contributed by atoms with E-state index in [4.69, 9.17) is 9.47 Å². The van der Waals surface area contributed by atoms with Crippen LogP contribution in [0.3, 0.4) is 0 Å². The monoisotopic (exact) mass is 300 g/mol. The van der Waals surface area contributed by atoms with Crippen LogP contribution in [0.15, 0.2) is 0 Å². The molecule has 2 heterocycles. The summed E-state index contributed by atoms with van der Waals surface area (Å²) < 4.78 is 10.3. The summed E-state index contributed by atoms with van der Waals surface area (Å²) >= 11 is 0. The lowest BCUT2D eigenvalue weighted by Gasteiger charge is -2.36. The molecule has 2 saturated heterocycles. The SMILES string of the molecule is COC(=O)C1CC(O)CN1CC(=O)N1CC(C)OC(C)C1. The van der Waals surface area contributed by atoms with Gasteiger partial charge in [-0.25, -0.2) is 0 Å². The Labute approximate surface area is 124 Å². The number of aliphatic hydroxyl groups is 1. The summed E-state index contributed by atoms with van der Waals surface area (Å²) in [5.41, 5.74) is 0. The number of morpholine rings is 1. The fourth-order valence-electron chi connectivity index (χ4n) is 3.09. The molecule has 120 valence electrons. The molecule has 7 nitrogen and oxygen atoms in total. The number of carbonyl (C=O) groups is 2. The minimum atomic E-state index is -0.593. The number of β-amino-alcohol motifs (C(OH)–C–C–N with tert-alkyl or cyclic N) is 1. The maximum Gasteiger partial charge on any atom is 0.323 e. The van der Waals surface area contributed by atoms with Crippen LogP contribution in [-0.2, 0) is 19.1 Å². The third-order valence-corrected chi connectivity index (χ3v) is 3.97. The molecule has 0 aromatic carbocycles. The van der Waals surface area contributed by atoms with Crippen molar-refractivity contribution in [2.75, 3.05) is 33.3 Å². The van der Waals surface area contributed by atoms with Gasteiger partial charge >= 0.3 is 5.97 Å². The molecular weight excluding hydrogens is 276 g/mol. The Bertz CT molecular complexity index is 393. The van der Waals surface area contributed by atoms with Gasteiger partial charge in [-0.05, 0) is 13.8 Å². The van der Waals surface area contributed by atoms with Crippen molar-refractivity contribution in [3.8, 4) is 0 Å². The molecule has 2 fully saturated rings. The summed E-state index contributed by atoms with van der Waals surface area (Å²) in [6, 6.07) is -0.537. The lowest BCUT2D eigenvalue weighted by atomic mass is 10.2. The van der Waals surface area contributed by atoms with Crippen molar-refractivity contribution < 1.29 is 24.2 Å². The van der Waals surface area contributed by atoms with Gasteiger partial charge in [0, 0.05) is 26.1 Å². The lowest BCUT2D eigenvalue weighted by Crippen LogP contribution is -2.52. The molecule has 0 bridgehead atoms. The summed E-state index contributed by atoms with van der Waals surface area (Å²) in [4.78, 5) is 27.6. The Morgan fingerprint density at radius 1 is 1.24 bits per heavy atom. The first kappa shape index (κ1) is 16.2. The minimum Gasteiger partial charge on any atom is -0.468 e. The van der Waals surface area contributed by atoms with Gasteiger partial charge in [-0.3, -0.25) is 14.5 Å². The highest BCUT2D eigenvalue weighted by Crippen LogP contribution is 2.20. The first-order valence-electron chi connectivity index (χ1n) is 7.34. The number of hydrogen-bond donors (Lipinski definition) is 1. The van der Waals surface area contributed by atoms with Crippen molar-refractivity contribution in [2.24, 2.45) is 0 Å². The molecule has 0 aromatic heterocycles. The quantitative estimate of drug-likeness (QED) is 0.690. The molecule has 1 amide bonds. The van der Waals surface area contributed by atoms with Gasteiger partial charge in [-0.15, -0.1) is 0 Å². The third kappa shape index (κ3) is 3.93. The number of ether oxygens (including phenoxy) is 2. The highest BCUT2D eigenvalue weighted by atomic mass is 16.5. The predicted octanol–water partition coefficient (Wildman–Crippen LogP) is -0.770. The molecule has 2 aliphatic rings. The fourth-order valence-corrected chi connectivity index (χ4v) is 3.09. The number of amides is 1. The van der Waals surface area contributed by atoms with E-state index in [-0.39, 0.29) is 24.7 Å². The van der Waals surface area contributed by atoms with E-state index < -0.39 is 18.1 Å². The average Bonchev–Trinajstić information content (AvgIpc) is 2.77. The van der Waals surface area contributed by atoms with E-state index in [1.165, 1.54) is 7.11 Å². The third-order valence-electron chi connectivity index (χ3n) is 3.97. The van der Waals surface area contributed by atoms with E-state index in [0.29, 0.717) is 26.1 Å². The van der Waals surface area contributed by atoms with Crippen LogP contribution < -0.4 is 0 Å². The largest absolute Gasteiger partial charge is 0.468 e. The highest BCUT2D eigenvalue weighted by molar-refractivity contribution is 5.81. The average molecular weight is 300 g/mol. The summed E-state index contributed by atoms with van der Waals surface area (Å²) in [5, 5.41) is 9.73. The fraction of sp³-hybridized carbons (Fsp3) is 0.857. The summed E-state index contributed by atoms with van der Waals surface area (Å²) in [6.07, 6.45) is -0.253. The van der Waals surface area contributed by atoms with Crippen molar-refractivity contribution in [2.45, 2.75) is 44.6 Å². The number of carbonyl (C=O) groups excluding carboxylic acids is 2. The zero-order valence-corrected chi connectivity index (χ0v) is 12.8. The number of hydrogen-bond acceptors (Lipinski definition) is 6. The summed E-state index contributed by atoms with van der Waals surface area (Å²) in [7, 11) is 1.32. The molecule has 4 atom stereocenters. The second-order valence-corrected chi connectivity index (χ2v) is 5.91. The van der Waals surface area contributed by atoms with Crippen LogP contribution >= 0.6 is 0 Å². The number of likely N-dealkylation sites (tertiary alicyclic amines) is 1. The van der Waals surface area contributed by atoms with Gasteiger partial charge in [-0.1, -0.05) is 0 Å². The first-order valence-corrected chi connectivity index (χ1v) is 7.34. The molecule has 2 aliphatic heterocycles. The predicted molar refractivity (Wildman–Crippen MR) is 74.6 cm³/mol. The van der Waals surface area contributed by atoms with Gasteiger partial charge in [0.25, 0.3) is 0 Å². The van der Waals surface area contributed by atoms with E-state index in [1.54, 1.807) is 9.80 Å². The summed E-state index contributed by atoms with van der Waals surface area (Å²) in [5.74, 6) is -0.442. The van der Waals surface area contributed by atoms with Gasteiger partial charge in [0.05, 0.1) is 32.0 Å². The highest BCUT2D eigenvalue weighted by Gasteiger charge is 2.38. The number of methoxy groups -OCH3 is 1. The van der Waals surface area contributed by atoms with Crippen LogP contribution in [-0.4, -0.2) is 84.4 Å². The van der Waals surface area contributed by atoms with Crippen LogP contribution in [0.4, 0.5) is 0 Å². The molecule has 0 aromatic rings. The van der Waals surface area contributed by atoms with E-state index >= 15 is 0 Å². The Morgan fingerprint density at radius 3 is 2.43 bits per heavy atom. The standard InChI is InChI=1S/C14H24N2O5/c1-9-5-16(6-10(2)21-9)13(18)8-15-7-11(17)4-12(15)14(19)20-3/h9-12,17H,4-8H2,1-3H3. The van der Waals surface area contributed by atoms with Crippen molar-refractivity contribution in [3.05, 3.63) is 0 Å². The Morgan fingerprint density at radius 2 is 1.86 bits per heavy atom. The number of nitrogens with zero attached hydrogens (tertiary/aromatic N) is 2. The molecule has 1 N–H and O–H groups in total. The molecule has 0 saturated carbocycles. The Kier molecular flexibility index (Phi) is 5.18. The van der Waals surface area contributed by atoms with E-state index in [0.717, 1.165) is 0 Å². The number of aliphatic hydroxyl groups excluding tert-OH is 1. The van der Waals surface area contributed by atoms with Crippen molar-refractivity contribution >= 4 is 11.9 Å². The van der Waals surface area contributed by atoms with Gasteiger partial charge in [0.2, 0.25) is 5.91 Å². The van der Waals surface area contributed by atoms with Gasteiger partial charge < -0.3 is 19.5 Å². The van der Waals surface area contributed by atoms with Crippen molar-refractivity contribution in [3.63, 3.8) is 0 Å². The van der Waals surface area contributed by atoms with Crippen molar-refractivity contribution in [1.29, 1.82) is 0 Å². The normalized spacial score (nSPS) is 34.0. The molecule has 0 aliphatic carbocycles. The maximum atomic E-state index is 12.4. The van der Waals surface area contributed by atoms with Crippen LogP contribution in [0.2, 0.25) is 0 Å². The molecule has 2 rings (SSSR count). The summed E-state index contributed by atoms with van der Waals surface area (Å²) in [6.45, 7) is 5.43. The minimum absolute atomic E-state index is 0.0123. The smallest absolute Gasteiger partial charge is 0.323 e. The second-order valence-electron chi connectivity index (χ2n) is 5.91. The topological polar surface area (TPSA) is 79.3 Å².